The van der Waals surface area contributed by atoms with Gasteiger partial charge >= 0.3 is 0 Å². The predicted molar refractivity (Wildman–Crippen MR) is 99.9 cm³/mol. The third-order valence-corrected chi connectivity index (χ3v) is 8.52. The van der Waals surface area contributed by atoms with Gasteiger partial charge in [-0.2, -0.15) is 8.61 Å². The van der Waals surface area contributed by atoms with Gasteiger partial charge in [-0.3, -0.25) is 0 Å². The van der Waals surface area contributed by atoms with E-state index >= 15 is 0 Å². The first kappa shape index (κ1) is 21.1. The summed E-state index contributed by atoms with van der Waals surface area (Å²) in [5.41, 5.74) is 0. The van der Waals surface area contributed by atoms with Crippen molar-refractivity contribution in [2.45, 2.75) is 16.2 Å². The Hall–Kier alpha value is -1.59. The third kappa shape index (κ3) is 4.06. The molecule has 0 aliphatic carbocycles. The summed E-state index contributed by atoms with van der Waals surface area (Å²) in [6.45, 7) is -0.136. The standard InChI is InChI=1S/C17H17ClF2N2O4S2/c18-15-3-1-4-16(17(15)20)28(25,26)22-10-2-9-21(11-12-22)27(23,24)14-7-5-13(19)6-8-14/h1,3-8H,2,9-12H2. The molecule has 0 unspecified atom stereocenters. The lowest BCUT2D eigenvalue weighted by atomic mass is 10.3. The van der Waals surface area contributed by atoms with Gasteiger partial charge in [0.1, 0.15) is 10.7 Å². The fourth-order valence-electron chi connectivity index (χ4n) is 2.93. The molecular weight excluding hydrogens is 434 g/mol. The normalized spacial score (nSPS) is 17.4. The van der Waals surface area contributed by atoms with Crippen LogP contribution >= 0.6 is 11.6 Å². The van der Waals surface area contributed by atoms with Crippen molar-refractivity contribution in [3.8, 4) is 0 Å². The Morgan fingerprint density at radius 2 is 1.36 bits per heavy atom. The maximum Gasteiger partial charge on any atom is 0.246 e. The van der Waals surface area contributed by atoms with Gasteiger partial charge in [-0.05, 0) is 42.8 Å². The maximum absolute atomic E-state index is 14.2. The van der Waals surface area contributed by atoms with Gasteiger partial charge in [0.25, 0.3) is 0 Å². The molecule has 0 radical (unpaired) electrons. The first-order valence-electron chi connectivity index (χ1n) is 8.34. The van der Waals surface area contributed by atoms with Crippen molar-refractivity contribution in [2.75, 3.05) is 26.2 Å². The monoisotopic (exact) mass is 450 g/mol. The fourth-order valence-corrected chi connectivity index (χ4v) is 6.19. The Kier molecular flexibility index (Phi) is 6.06. The Morgan fingerprint density at radius 1 is 0.786 bits per heavy atom. The molecule has 28 heavy (non-hydrogen) atoms. The van der Waals surface area contributed by atoms with Crippen LogP contribution in [0.15, 0.2) is 52.3 Å². The highest BCUT2D eigenvalue weighted by Crippen LogP contribution is 2.26. The Morgan fingerprint density at radius 3 is 1.96 bits per heavy atom. The summed E-state index contributed by atoms with van der Waals surface area (Å²) in [5.74, 6) is -1.60. The van der Waals surface area contributed by atoms with Crippen LogP contribution in [0, 0.1) is 11.6 Å². The van der Waals surface area contributed by atoms with E-state index in [1.807, 2.05) is 0 Å². The smallest absolute Gasteiger partial charge is 0.207 e. The van der Waals surface area contributed by atoms with E-state index in [1.54, 1.807) is 0 Å². The predicted octanol–water partition coefficient (Wildman–Crippen LogP) is 2.70. The number of hydrogen-bond acceptors (Lipinski definition) is 4. The highest BCUT2D eigenvalue weighted by Gasteiger charge is 2.33. The van der Waals surface area contributed by atoms with E-state index in [0.717, 1.165) is 38.9 Å². The molecule has 11 heteroatoms. The van der Waals surface area contributed by atoms with Crippen LogP contribution in [-0.4, -0.2) is 51.6 Å². The number of rotatable bonds is 4. The molecule has 1 saturated heterocycles. The molecule has 6 nitrogen and oxygen atoms in total. The largest absolute Gasteiger partial charge is 0.246 e. The number of sulfonamides is 2. The molecule has 1 aliphatic rings. The SMILES string of the molecule is O=S(=O)(c1ccc(F)cc1)N1CCCN(S(=O)(=O)c2cccc(Cl)c2F)CC1. The second-order valence-corrected chi connectivity index (χ2v) is 10.4. The number of hydrogen-bond donors (Lipinski definition) is 0. The van der Waals surface area contributed by atoms with Gasteiger partial charge in [-0.1, -0.05) is 17.7 Å². The minimum Gasteiger partial charge on any atom is -0.207 e. The van der Waals surface area contributed by atoms with E-state index < -0.39 is 36.6 Å². The van der Waals surface area contributed by atoms with E-state index in [1.165, 1.54) is 12.1 Å². The number of nitrogens with zero attached hydrogens (tertiary/aromatic N) is 2. The molecule has 0 bridgehead atoms. The highest BCUT2D eigenvalue weighted by atomic mass is 35.5. The molecule has 3 rings (SSSR count). The van der Waals surface area contributed by atoms with Crippen molar-refractivity contribution in [3.05, 3.63) is 59.1 Å². The molecule has 1 aliphatic heterocycles. The van der Waals surface area contributed by atoms with Crippen LogP contribution in [0.4, 0.5) is 8.78 Å². The lowest BCUT2D eigenvalue weighted by molar-refractivity contribution is 0.402. The van der Waals surface area contributed by atoms with Crippen molar-refractivity contribution in [3.63, 3.8) is 0 Å². The van der Waals surface area contributed by atoms with Crippen molar-refractivity contribution in [1.82, 2.24) is 8.61 Å². The Labute approximate surface area is 167 Å². The molecule has 0 spiro atoms. The van der Waals surface area contributed by atoms with E-state index in [4.69, 9.17) is 11.6 Å². The lowest BCUT2D eigenvalue weighted by Gasteiger charge is -2.22. The summed E-state index contributed by atoms with van der Waals surface area (Å²) in [6, 6.07) is 8.11. The highest BCUT2D eigenvalue weighted by molar-refractivity contribution is 7.89. The second-order valence-electron chi connectivity index (χ2n) is 6.17. The first-order valence-corrected chi connectivity index (χ1v) is 11.6. The van der Waals surface area contributed by atoms with Crippen LogP contribution in [0.1, 0.15) is 6.42 Å². The van der Waals surface area contributed by atoms with Gasteiger partial charge in [0.15, 0.2) is 5.82 Å². The molecule has 1 fully saturated rings. The summed E-state index contributed by atoms with van der Waals surface area (Å²) in [7, 11) is -8.08. The molecular formula is C17H17ClF2N2O4S2. The van der Waals surface area contributed by atoms with E-state index in [2.05, 4.69) is 0 Å². The van der Waals surface area contributed by atoms with Crippen LogP contribution in [0.5, 0.6) is 0 Å². The van der Waals surface area contributed by atoms with Gasteiger partial charge in [0.2, 0.25) is 20.0 Å². The lowest BCUT2D eigenvalue weighted by Crippen LogP contribution is -2.37. The molecule has 2 aromatic rings. The Bertz CT molecular complexity index is 1080. The van der Waals surface area contributed by atoms with E-state index in [-0.39, 0.29) is 42.5 Å². The van der Waals surface area contributed by atoms with Crippen LogP contribution in [-0.2, 0) is 20.0 Å². The number of halogens is 3. The van der Waals surface area contributed by atoms with Crippen LogP contribution < -0.4 is 0 Å². The summed E-state index contributed by atoms with van der Waals surface area (Å²) in [4.78, 5) is -0.624. The van der Waals surface area contributed by atoms with Crippen LogP contribution in [0.2, 0.25) is 5.02 Å². The van der Waals surface area contributed by atoms with Crippen LogP contribution in [0.25, 0.3) is 0 Å². The van der Waals surface area contributed by atoms with E-state index in [9.17, 15) is 25.6 Å². The molecule has 2 aromatic carbocycles. The van der Waals surface area contributed by atoms with Crippen molar-refractivity contribution in [1.29, 1.82) is 0 Å². The topological polar surface area (TPSA) is 74.8 Å². The van der Waals surface area contributed by atoms with Gasteiger partial charge in [0, 0.05) is 26.2 Å². The molecule has 0 saturated carbocycles. The average molecular weight is 451 g/mol. The zero-order valence-corrected chi connectivity index (χ0v) is 16.9. The summed E-state index contributed by atoms with van der Waals surface area (Å²) in [5, 5.41) is -0.309. The van der Waals surface area contributed by atoms with Crippen molar-refractivity contribution >= 4 is 31.6 Å². The minimum absolute atomic E-state index is 0.0315. The minimum atomic E-state index is -4.17. The molecule has 1 heterocycles. The van der Waals surface area contributed by atoms with Gasteiger partial charge < -0.3 is 0 Å². The van der Waals surface area contributed by atoms with Gasteiger partial charge in [-0.25, -0.2) is 25.6 Å². The Balaban J connectivity index is 1.83. The molecule has 0 atom stereocenters. The summed E-state index contributed by atoms with van der Waals surface area (Å²) >= 11 is 5.68. The molecule has 0 amide bonds. The average Bonchev–Trinajstić information content (AvgIpc) is 2.91. The maximum atomic E-state index is 14.2. The van der Waals surface area contributed by atoms with Gasteiger partial charge in [-0.15, -0.1) is 0 Å². The van der Waals surface area contributed by atoms with Crippen molar-refractivity contribution < 1.29 is 25.6 Å². The molecule has 152 valence electrons. The van der Waals surface area contributed by atoms with Gasteiger partial charge in [0.05, 0.1) is 9.92 Å². The van der Waals surface area contributed by atoms with Crippen molar-refractivity contribution in [2.24, 2.45) is 0 Å². The quantitative estimate of drug-likeness (QED) is 0.717. The number of benzene rings is 2. The van der Waals surface area contributed by atoms with Crippen LogP contribution in [0.3, 0.4) is 0 Å². The van der Waals surface area contributed by atoms with E-state index in [0.29, 0.717) is 0 Å². The molecule has 0 N–H and O–H groups in total. The summed E-state index contributed by atoms with van der Waals surface area (Å²) in [6.07, 6.45) is 0.224. The second kappa shape index (κ2) is 8.03. The fraction of sp³-hybridized carbons (Fsp3) is 0.294. The third-order valence-electron chi connectivity index (χ3n) is 4.40. The molecule has 0 aromatic heterocycles. The first-order chi connectivity index (χ1) is 13.1. The zero-order valence-electron chi connectivity index (χ0n) is 14.6. The summed E-state index contributed by atoms with van der Waals surface area (Å²) < 4.78 is 80.5. The zero-order chi connectivity index (χ0) is 20.5.